The first kappa shape index (κ1) is 18.1. The molecule has 5 heteroatoms. The van der Waals surface area contributed by atoms with Crippen LogP contribution in [0.15, 0.2) is 18.2 Å². The van der Waals surface area contributed by atoms with E-state index in [1.54, 1.807) is 27.7 Å². The van der Waals surface area contributed by atoms with Gasteiger partial charge in [0.05, 0.1) is 0 Å². The van der Waals surface area contributed by atoms with Gasteiger partial charge in [0.1, 0.15) is 11.4 Å². The number of hydrogen-bond donors (Lipinski definition) is 1. The van der Waals surface area contributed by atoms with Crippen molar-refractivity contribution in [3.8, 4) is 0 Å². The first-order valence-electron chi connectivity index (χ1n) is 7.37. The summed E-state index contributed by atoms with van der Waals surface area (Å²) in [4.78, 5) is 23.7. The number of aryl methyl sites for hydroxylation is 1. The zero-order valence-electron chi connectivity index (χ0n) is 13.8. The fraction of sp³-hybridized carbons (Fsp3) is 0.529. The van der Waals surface area contributed by atoms with Crippen LogP contribution in [-0.4, -0.2) is 23.5 Å². The molecule has 22 heavy (non-hydrogen) atoms. The largest absolute Gasteiger partial charge is 0.444 e. The molecule has 1 aromatic rings. The second-order valence-electron chi connectivity index (χ2n) is 6.47. The van der Waals surface area contributed by atoms with Crippen molar-refractivity contribution in [1.29, 1.82) is 0 Å². The molecule has 1 N–H and O–H groups in total. The first-order valence-corrected chi connectivity index (χ1v) is 7.37. The molecule has 1 atom stereocenters. The first-order chi connectivity index (χ1) is 10.1. The number of Topliss-reactive ketones (excluding diaryl/α,β-unsaturated/α-hetero) is 1. The molecule has 0 unspecified atom stereocenters. The van der Waals surface area contributed by atoms with Gasteiger partial charge in [-0.25, -0.2) is 9.18 Å². The maximum atomic E-state index is 13.0. The summed E-state index contributed by atoms with van der Waals surface area (Å²) >= 11 is 0. The molecule has 0 saturated heterocycles. The lowest BCUT2D eigenvalue weighted by Crippen LogP contribution is -2.37. The minimum atomic E-state index is -0.551. The molecule has 122 valence electrons. The van der Waals surface area contributed by atoms with Crippen molar-refractivity contribution in [3.63, 3.8) is 0 Å². The predicted molar refractivity (Wildman–Crippen MR) is 83.5 cm³/mol. The van der Waals surface area contributed by atoms with Crippen LogP contribution in [0.5, 0.6) is 0 Å². The standard InChI is InChI=1S/C17H24FNO3/c1-11-10-13(18)7-8-14(11)15(20)9-6-12(2)19-16(21)22-17(3,4)5/h7-8,10,12H,6,9H2,1-5H3,(H,19,21)/t12-/m1/s1. The summed E-state index contributed by atoms with van der Waals surface area (Å²) in [6.45, 7) is 8.89. The van der Waals surface area contributed by atoms with Gasteiger partial charge in [-0.15, -0.1) is 0 Å². The highest BCUT2D eigenvalue weighted by Gasteiger charge is 2.18. The zero-order chi connectivity index (χ0) is 16.9. The van der Waals surface area contributed by atoms with Crippen LogP contribution in [0.3, 0.4) is 0 Å². The SMILES string of the molecule is Cc1cc(F)ccc1C(=O)CC[C@@H](C)NC(=O)OC(C)(C)C. The molecule has 0 fully saturated rings. The molecule has 0 aliphatic rings. The van der Waals surface area contributed by atoms with E-state index in [2.05, 4.69) is 5.32 Å². The second kappa shape index (κ2) is 7.38. The highest BCUT2D eigenvalue weighted by molar-refractivity contribution is 5.97. The quantitative estimate of drug-likeness (QED) is 0.836. The molecule has 0 radical (unpaired) electrons. The number of ketones is 1. The van der Waals surface area contributed by atoms with Crippen LogP contribution < -0.4 is 5.32 Å². The molecule has 1 aromatic carbocycles. The Labute approximate surface area is 131 Å². The summed E-state index contributed by atoms with van der Waals surface area (Å²) in [7, 11) is 0. The van der Waals surface area contributed by atoms with Crippen molar-refractivity contribution in [2.75, 3.05) is 0 Å². The van der Waals surface area contributed by atoms with E-state index in [1.807, 2.05) is 6.92 Å². The number of benzene rings is 1. The summed E-state index contributed by atoms with van der Waals surface area (Å²) in [5, 5.41) is 2.69. The maximum Gasteiger partial charge on any atom is 0.407 e. The minimum Gasteiger partial charge on any atom is -0.444 e. The van der Waals surface area contributed by atoms with Crippen LogP contribution in [0.2, 0.25) is 0 Å². The van der Waals surface area contributed by atoms with Crippen molar-refractivity contribution >= 4 is 11.9 Å². The molecule has 0 saturated carbocycles. The maximum absolute atomic E-state index is 13.0. The predicted octanol–water partition coefficient (Wildman–Crippen LogP) is 4.01. The van der Waals surface area contributed by atoms with Gasteiger partial charge in [0.15, 0.2) is 5.78 Å². The normalized spacial score (nSPS) is 12.6. The van der Waals surface area contributed by atoms with Crippen LogP contribution in [0.4, 0.5) is 9.18 Å². The van der Waals surface area contributed by atoms with Gasteiger partial charge in [-0.1, -0.05) is 0 Å². The highest BCUT2D eigenvalue weighted by Crippen LogP contribution is 2.14. The van der Waals surface area contributed by atoms with Gasteiger partial charge in [-0.2, -0.15) is 0 Å². The van der Waals surface area contributed by atoms with Crippen LogP contribution in [0, 0.1) is 12.7 Å². The second-order valence-corrected chi connectivity index (χ2v) is 6.47. The third-order valence-electron chi connectivity index (χ3n) is 3.06. The van der Waals surface area contributed by atoms with Gasteiger partial charge in [0.25, 0.3) is 0 Å². The Kier molecular flexibility index (Phi) is 6.09. The Morgan fingerprint density at radius 3 is 2.50 bits per heavy atom. The molecule has 0 bridgehead atoms. The summed E-state index contributed by atoms with van der Waals surface area (Å²) in [5.74, 6) is -0.413. The molecular weight excluding hydrogens is 285 g/mol. The number of halogens is 1. The Hall–Kier alpha value is -1.91. The lowest BCUT2D eigenvalue weighted by molar-refractivity contribution is 0.0504. The summed E-state index contributed by atoms with van der Waals surface area (Å²) in [5.41, 5.74) is 0.591. The fourth-order valence-electron chi connectivity index (χ4n) is 2.00. The topological polar surface area (TPSA) is 55.4 Å². The van der Waals surface area contributed by atoms with Crippen molar-refractivity contribution in [2.24, 2.45) is 0 Å². The number of carbonyl (C=O) groups is 2. The Balaban J connectivity index is 2.48. The van der Waals surface area contributed by atoms with Gasteiger partial charge >= 0.3 is 6.09 Å². The van der Waals surface area contributed by atoms with Crippen LogP contribution >= 0.6 is 0 Å². The Morgan fingerprint density at radius 1 is 1.32 bits per heavy atom. The molecule has 1 amide bonds. The van der Waals surface area contributed by atoms with E-state index in [4.69, 9.17) is 4.74 Å². The molecule has 1 rings (SSSR count). The molecule has 0 aromatic heterocycles. The Morgan fingerprint density at radius 2 is 1.95 bits per heavy atom. The van der Waals surface area contributed by atoms with E-state index in [9.17, 15) is 14.0 Å². The summed E-state index contributed by atoms with van der Waals surface area (Å²) in [6, 6.07) is 3.94. The smallest absolute Gasteiger partial charge is 0.407 e. The van der Waals surface area contributed by atoms with Crippen molar-refractivity contribution in [1.82, 2.24) is 5.32 Å². The highest BCUT2D eigenvalue weighted by atomic mass is 19.1. The third-order valence-corrected chi connectivity index (χ3v) is 3.06. The zero-order valence-corrected chi connectivity index (χ0v) is 13.8. The van der Waals surface area contributed by atoms with Crippen LogP contribution in [-0.2, 0) is 4.74 Å². The lowest BCUT2D eigenvalue weighted by Gasteiger charge is -2.21. The number of nitrogens with one attached hydrogen (secondary N) is 1. The Bertz CT molecular complexity index is 549. The molecular formula is C17H24FNO3. The molecule has 4 nitrogen and oxygen atoms in total. The summed E-state index contributed by atoms with van der Waals surface area (Å²) in [6.07, 6.45) is 0.281. The van der Waals surface area contributed by atoms with Gasteiger partial charge in [0.2, 0.25) is 0 Å². The average Bonchev–Trinajstić information content (AvgIpc) is 2.33. The minimum absolute atomic E-state index is 0.0599. The van der Waals surface area contributed by atoms with Crippen molar-refractivity contribution in [3.05, 3.63) is 35.1 Å². The molecule has 0 aliphatic heterocycles. The number of hydrogen-bond acceptors (Lipinski definition) is 3. The molecule has 0 spiro atoms. The molecule has 0 heterocycles. The number of alkyl carbamates (subject to hydrolysis) is 1. The van der Waals surface area contributed by atoms with E-state index in [0.717, 1.165) is 0 Å². The van der Waals surface area contributed by atoms with Crippen molar-refractivity contribution < 1.29 is 18.7 Å². The fourth-order valence-corrected chi connectivity index (χ4v) is 2.00. The summed E-state index contributed by atoms with van der Waals surface area (Å²) < 4.78 is 18.2. The van der Waals surface area contributed by atoms with E-state index < -0.39 is 11.7 Å². The van der Waals surface area contributed by atoms with Gasteiger partial charge < -0.3 is 10.1 Å². The number of ether oxygens (including phenoxy) is 1. The van der Waals surface area contributed by atoms with E-state index >= 15 is 0 Å². The number of amides is 1. The monoisotopic (exact) mass is 309 g/mol. The third kappa shape index (κ3) is 6.24. The van der Waals surface area contributed by atoms with Crippen LogP contribution in [0.25, 0.3) is 0 Å². The van der Waals surface area contributed by atoms with Gasteiger partial charge in [0, 0.05) is 18.0 Å². The van der Waals surface area contributed by atoms with E-state index in [-0.39, 0.29) is 24.1 Å². The van der Waals surface area contributed by atoms with Crippen molar-refractivity contribution in [2.45, 2.75) is 59.1 Å². The van der Waals surface area contributed by atoms with Gasteiger partial charge in [-0.3, -0.25) is 4.79 Å². The average molecular weight is 309 g/mol. The van der Waals surface area contributed by atoms with E-state index in [0.29, 0.717) is 17.5 Å². The number of carbonyl (C=O) groups excluding carboxylic acids is 2. The van der Waals surface area contributed by atoms with Gasteiger partial charge in [-0.05, 0) is 64.8 Å². The molecule has 0 aliphatic carbocycles. The van der Waals surface area contributed by atoms with E-state index in [1.165, 1.54) is 18.2 Å². The van der Waals surface area contributed by atoms with Crippen LogP contribution in [0.1, 0.15) is 56.5 Å². The number of rotatable bonds is 5. The lowest BCUT2D eigenvalue weighted by atomic mass is 10.00.